The summed E-state index contributed by atoms with van der Waals surface area (Å²) in [5, 5.41) is 3.30. The Labute approximate surface area is 117 Å². The van der Waals surface area contributed by atoms with Gasteiger partial charge in [0.05, 0.1) is 6.04 Å². The molecule has 0 aliphatic heterocycles. The molecule has 0 aliphatic rings. The lowest BCUT2D eigenvalue weighted by Gasteiger charge is -2.23. The molecule has 0 aromatic heterocycles. The maximum Gasteiger partial charge on any atom is 0.239 e. The van der Waals surface area contributed by atoms with E-state index in [1.165, 1.54) is 16.7 Å². The van der Waals surface area contributed by atoms with Crippen molar-refractivity contribution in [3.05, 3.63) is 34.9 Å². The van der Waals surface area contributed by atoms with Gasteiger partial charge in [-0.15, -0.1) is 0 Å². The molecule has 1 N–H and O–H groups in total. The Bertz CT molecular complexity index is 425. The van der Waals surface area contributed by atoms with Crippen LogP contribution in [0.5, 0.6) is 0 Å². The lowest BCUT2D eigenvalue weighted by atomic mass is 10.1. The van der Waals surface area contributed by atoms with Crippen molar-refractivity contribution in [2.45, 2.75) is 47.2 Å². The van der Waals surface area contributed by atoms with Gasteiger partial charge in [0, 0.05) is 19.6 Å². The van der Waals surface area contributed by atoms with E-state index in [4.69, 9.17) is 0 Å². The Morgan fingerprint density at radius 1 is 1.21 bits per heavy atom. The first kappa shape index (κ1) is 15.7. The van der Waals surface area contributed by atoms with Gasteiger partial charge in [-0.25, -0.2) is 0 Å². The summed E-state index contributed by atoms with van der Waals surface area (Å²) >= 11 is 0. The van der Waals surface area contributed by atoms with Crippen LogP contribution in [-0.2, 0) is 11.3 Å². The summed E-state index contributed by atoms with van der Waals surface area (Å²) in [7, 11) is 0. The van der Waals surface area contributed by atoms with Crippen molar-refractivity contribution in [3.8, 4) is 0 Å². The lowest BCUT2D eigenvalue weighted by molar-refractivity contribution is -0.132. The first-order chi connectivity index (χ1) is 8.99. The quantitative estimate of drug-likeness (QED) is 0.855. The van der Waals surface area contributed by atoms with Crippen molar-refractivity contribution in [2.24, 2.45) is 0 Å². The van der Waals surface area contributed by atoms with Crippen LogP contribution in [-0.4, -0.2) is 29.9 Å². The third kappa shape index (κ3) is 4.35. The zero-order valence-corrected chi connectivity index (χ0v) is 12.8. The molecular formula is C16H26N2O. The fourth-order valence-electron chi connectivity index (χ4n) is 2.08. The average molecular weight is 262 g/mol. The molecule has 0 spiro atoms. The van der Waals surface area contributed by atoms with Gasteiger partial charge >= 0.3 is 0 Å². The number of rotatable bonds is 6. The number of amides is 1. The number of benzene rings is 1. The zero-order chi connectivity index (χ0) is 14.4. The number of carbonyl (C=O) groups is 1. The highest BCUT2D eigenvalue weighted by atomic mass is 16.2. The summed E-state index contributed by atoms with van der Waals surface area (Å²) in [6.45, 7) is 12.4. The Kier molecular flexibility index (Phi) is 6.03. The largest absolute Gasteiger partial charge is 0.342 e. The van der Waals surface area contributed by atoms with Crippen LogP contribution in [0.4, 0.5) is 0 Å². The summed E-state index contributed by atoms with van der Waals surface area (Å²) in [4.78, 5) is 14.0. The summed E-state index contributed by atoms with van der Waals surface area (Å²) in [6, 6.07) is 6.28. The van der Waals surface area contributed by atoms with Crippen molar-refractivity contribution in [2.75, 3.05) is 13.1 Å². The maximum absolute atomic E-state index is 12.1. The number of hydrogen-bond acceptors (Lipinski definition) is 2. The smallest absolute Gasteiger partial charge is 0.239 e. The number of aryl methyl sites for hydroxylation is 2. The molecule has 3 nitrogen and oxygen atoms in total. The van der Waals surface area contributed by atoms with Crippen molar-refractivity contribution < 1.29 is 4.79 Å². The van der Waals surface area contributed by atoms with Crippen molar-refractivity contribution in [1.29, 1.82) is 0 Å². The molecule has 1 unspecified atom stereocenters. The predicted octanol–water partition coefficient (Wildman–Crippen LogP) is 2.65. The molecule has 106 valence electrons. The first-order valence-corrected chi connectivity index (χ1v) is 7.07. The van der Waals surface area contributed by atoms with Crippen LogP contribution >= 0.6 is 0 Å². The molecule has 0 fully saturated rings. The molecule has 0 heterocycles. The van der Waals surface area contributed by atoms with E-state index in [1.807, 2.05) is 25.7 Å². The van der Waals surface area contributed by atoms with E-state index >= 15 is 0 Å². The van der Waals surface area contributed by atoms with E-state index in [1.54, 1.807) is 0 Å². The van der Waals surface area contributed by atoms with Crippen molar-refractivity contribution in [1.82, 2.24) is 10.2 Å². The van der Waals surface area contributed by atoms with Gasteiger partial charge in [-0.1, -0.05) is 18.2 Å². The Morgan fingerprint density at radius 2 is 1.84 bits per heavy atom. The lowest BCUT2D eigenvalue weighted by Crippen LogP contribution is -2.44. The third-order valence-corrected chi connectivity index (χ3v) is 3.63. The van der Waals surface area contributed by atoms with Crippen LogP contribution in [0.2, 0.25) is 0 Å². The molecule has 1 aromatic rings. The molecule has 0 bridgehead atoms. The first-order valence-electron chi connectivity index (χ1n) is 7.07. The second kappa shape index (κ2) is 7.29. The highest BCUT2D eigenvalue weighted by molar-refractivity contribution is 5.81. The maximum atomic E-state index is 12.1. The predicted molar refractivity (Wildman–Crippen MR) is 80.1 cm³/mol. The van der Waals surface area contributed by atoms with Gasteiger partial charge in [0.15, 0.2) is 0 Å². The second-order valence-corrected chi connectivity index (χ2v) is 5.03. The molecule has 1 atom stereocenters. The van der Waals surface area contributed by atoms with E-state index < -0.39 is 0 Å². The van der Waals surface area contributed by atoms with Crippen LogP contribution < -0.4 is 5.32 Å². The molecule has 3 heteroatoms. The number of likely N-dealkylation sites (N-methyl/N-ethyl adjacent to an activating group) is 1. The van der Waals surface area contributed by atoms with Gasteiger partial charge in [0.25, 0.3) is 0 Å². The second-order valence-electron chi connectivity index (χ2n) is 5.03. The fourth-order valence-corrected chi connectivity index (χ4v) is 2.08. The SMILES string of the molecule is CCN(CC)C(=O)C(C)NCc1ccc(C)c(C)c1. The molecule has 0 aliphatic carbocycles. The summed E-state index contributed by atoms with van der Waals surface area (Å²) in [5.41, 5.74) is 3.82. The Balaban J connectivity index is 2.56. The zero-order valence-electron chi connectivity index (χ0n) is 12.8. The highest BCUT2D eigenvalue weighted by Gasteiger charge is 2.17. The monoisotopic (exact) mass is 262 g/mol. The van der Waals surface area contributed by atoms with E-state index in [2.05, 4.69) is 37.4 Å². The summed E-state index contributed by atoms with van der Waals surface area (Å²) in [5.74, 6) is 0.175. The topological polar surface area (TPSA) is 32.3 Å². The average Bonchev–Trinajstić information content (AvgIpc) is 2.41. The number of nitrogens with zero attached hydrogens (tertiary/aromatic N) is 1. The van der Waals surface area contributed by atoms with Gasteiger partial charge in [-0.2, -0.15) is 0 Å². The third-order valence-electron chi connectivity index (χ3n) is 3.63. The van der Waals surface area contributed by atoms with Crippen molar-refractivity contribution in [3.63, 3.8) is 0 Å². The minimum atomic E-state index is -0.137. The highest BCUT2D eigenvalue weighted by Crippen LogP contribution is 2.09. The molecule has 0 radical (unpaired) electrons. The minimum Gasteiger partial charge on any atom is -0.342 e. The molecule has 0 saturated carbocycles. The van der Waals surface area contributed by atoms with Gasteiger partial charge < -0.3 is 10.2 Å². The van der Waals surface area contributed by atoms with Crippen LogP contribution in [0.1, 0.15) is 37.5 Å². The number of hydrogen-bond donors (Lipinski definition) is 1. The van der Waals surface area contributed by atoms with E-state index in [9.17, 15) is 4.79 Å². The Morgan fingerprint density at radius 3 is 2.37 bits per heavy atom. The number of carbonyl (C=O) groups excluding carboxylic acids is 1. The Hall–Kier alpha value is -1.35. The van der Waals surface area contributed by atoms with E-state index in [0.29, 0.717) is 0 Å². The molecule has 0 saturated heterocycles. The van der Waals surface area contributed by atoms with Gasteiger partial charge in [-0.05, 0) is 51.3 Å². The van der Waals surface area contributed by atoms with Crippen LogP contribution in [0.25, 0.3) is 0 Å². The molecule has 19 heavy (non-hydrogen) atoms. The number of nitrogens with one attached hydrogen (secondary N) is 1. The molecule has 1 amide bonds. The molecular weight excluding hydrogens is 236 g/mol. The van der Waals surface area contributed by atoms with Gasteiger partial charge in [0.2, 0.25) is 5.91 Å². The minimum absolute atomic E-state index is 0.137. The molecule has 1 rings (SSSR count). The van der Waals surface area contributed by atoms with E-state index in [-0.39, 0.29) is 11.9 Å². The molecule has 1 aromatic carbocycles. The van der Waals surface area contributed by atoms with Crippen LogP contribution in [0.3, 0.4) is 0 Å². The van der Waals surface area contributed by atoms with Gasteiger partial charge in [0.1, 0.15) is 0 Å². The summed E-state index contributed by atoms with van der Waals surface area (Å²) < 4.78 is 0. The van der Waals surface area contributed by atoms with Crippen LogP contribution in [0.15, 0.2) is 18.2 Å². The normalized spacial score (nSPS) is 12.3. The van der Waals surface area contributed by atoms with Crippen LogP contribution in [0, 0.1) is 13.8 Å². The fraction of sp³-hybridized carbons (Fsp3) is 0.562. The van der Waals surface area contributed by atoms with Gasteiger partial charge in [-0.3, -0.25) is 4.79 Å². The summed E-state index contributed by atoms with van der Waals surface area (Å²) in [6.07, 6.45) is 0. The van der Waals surface area contributed by atoms with E-state index in [0.717, 1.165) is 19.6 Å². The standard InChI is InChI=1S/C16H26N2O/c1-6-18(7-2)16(19)14(5)17-11-15-9-8-12(3)13(4)10-15/h8-10,14,17H,6-7,11H2,1-5H3. The van der Waals surface area contributed by atoms with Crippen molar-refractivity contribution >= 4 is 5.91 Å².